The van der Waals surface area contributed by atoms with Crippen LogP contribution in [-0.2, 0) is 11.2 Å². The van der Waals surface area contributed by atoms with Crippen molar-refractivity contribution in [3.8, 4) is 5.75 Å². The maximum atomic E-state index is 12.2. The smallest absolute Gasteiger partial charge is 0.337 e. The molecule has 0 spiro atoms. The first-order valence-electron chi connectivity index (χ1n) is 7.13. The molecular formula is C18H16O4. The van der Waals surface area contributed by atoms with E-state index in [4.69, 9.17) is 9.47 Å². The van der Waals surface area contributed by atoms with Crippen molar-refractivity contribution in [1.82, 2.24) is 0 Å². The van der Waals surface area contributed by atoms with Crippen LogP contribution in [0.1, 0.15) is 32.7 Å². The Labute approximate surface area is 128 Å². The third-order valence-corrected chi connectivity index (χ3v) is 3.71. The quantitative estimate of drug-likeness (QED) is 0.817. The zero-order valence-corrected chi connectivity index (χ0v) is 12.2. The second-order valence-corrected chi connectivity index (χ2v) is 5.26. The topological polar surface area (TPSA) is 52.6 Å². The molecule has 1 unspecified atom stereocenters. The predicted octanol–water partition coefficient (Wildman–Crippen LogP) is 3.05. The van der Waals surface area contributed by atoms with E-state index in [1.807, 2.05) is 24.3 Å². The van der Waals surface area contributed by atoms with E-state index in [-0.39, 0.29) is 17.9 Å². The van der Waals surface area contributed by atoms with Gasteiger partial charge in [-0.2, -0.15) is 0 Å². The summed E-state index contributed by atoms with van der Waals surface area (Å²) in [5.41, 5.74) is 2.09. The van der Waals surface area contributed by atoms with Gasteiger partial charge in [0.05, 0.1) is 18.2 Å². The fourth-order valence-corrected chi connectivity index (χ4v) is 2.66. The van der Waals surface area contributed by atoms with Crippen LogP contribution in [0.15, 0.2) is 48.5 Å². The lowest BCUT2D eigenvalue weighted by Crippen LogP contribution is -2.28. The molecule has 1 aliphatic heterocycles. The molecule has 0 saturated carbocycles. The summed E-state index contributed by atoms with van der Waals surface area (Å²) in [5, 5.41) is 0. The van der Waals surface area contributed by atoms with E-state index in [2.05, 4.69) is 0 Å². The van der Waals surface area contributed by atoms with Crippen molar-refractivity contribution < 1.29 is 19.1 Å². The Kier molecular flexibility index (Phi) is 3.92. The van der Waals surface area contributed by atoms with Gasteiger partial charge in [0.15, 0.2) is 5.78 Å². The fourth-order valence-electron chi connectivity index (χ4n) is 2.66. The first-order chi connectivity index (χ1) is 10.7. The molecule has 1 aliphatic rings. The van der Waals surface area contributed by atoms with Gasteiger partial charge in [-0.05, 0) is 29.8 Å². The number of fused-ring (bicyclic) bond motifs is 1. The molecule has 0 amide bonds. The minimum Gasteiger partial charge on any atom is -0.489 e. The maximum absolute atomic E-state index is 12.2. The van der Waals surface area contributed by atoms with Crippen LogP contribution in [0.3, 0.4) is 0 Å². The molecule has 2 aromatic rings. The Balaban J connectivity index is 1.78. The number of rotatable bonds is 3. The summed E-state index contributed by atoms with van der Waals surface area (Å²) in [5.74, 6) is 0.358. The standard InChI is InChI=1S/C18H16O4/c1-21-18(20)13-6-4-5-12(9-13)10-14-11-16(19)15-7-2-3-8-17(15)22-14/h2-9,14H,10-11H2,1H3. The van der Waals surface area contributed by atoms with Gasteiger partial charge < -0.3 is 9.47 Å². The molecule has 4 heteroatoms. The molecular weight excluding hydrogens is 280 g/mol. The van der Waals surface area contributed by atoms with Crippen molar-refractivity contribution in [2.75, 3.05) is 7.11 Å². The molecule has 0 N–H and O–H groups in total. The van der Waals surface area contributed by atoms with E-state index in [0.29, 0.717) is 29.7 Å². The molecule has 0 radical (unpaired) electrons. The molecule has 0 bridgehead atoms. The van der Waals surface area contributed by atoms with Crippen LogP contribution in [0, 0.1) is 0 Å². The number of methoxy groups -OCH3 is 1. The SMILES string of the molecule is COC(=O)c1cccc(CC2CC(=O)c3ccccc3O2)c1. The summed E-state index contributed by atoms with van der Waals surface area (Å²) in [6.45, 7) is 0. The fraction of sp³-hybridized carbons (Fsp3) is 0.222. The van der Waals surface area contributed by atoms with Crippen LogP contribution in [0.5, 0.6) is 5.75 Å². The Morgan fingerprint density at radius 1 is 1.23 bits per heavy atom. The normalized spacial score (nSPS) is 16.6. The minimum absolute atomic E-state index is 0.0935. The summed E-state index contributed by atoms with van der Waals surface area (Å²) >= 11 is 0. The van der Waals surface area contributed by atoms with Gasteiger partial charge in [0, 0.05) is 12.8 Å². The van der Waals surface area contributed by atoms with Crippen molar-refractivity contribution >= 4 is 11.8 Å². The molecule has 0 fully saturated rings. The number of carbonyl (C=O) groups is 2. The Morgan fingerprint density at radius 3 is 2.86 bits per heavy atom. The molecule has 0 aliphatic carbocycles. The van der Waals surface area contributed by atoms with Crippen LogP contribution < -0.4 is 4.74 Å². The van der Waals surface area contributed by atoms with E-state index >= 15 is 0 Å². The number of hydrogen-bond donors (Lipinski definition) is 0. The Morgan fingerprint density at radius 2 is 2.05 bits per heavy atom. The van der Waals surface area contributed by atoms with Crippen LogP contribution in [0.25, 0.3) is 0 Å². The monoisotopic (exact) mass is 296 g/mol. The van der Waals surface area contributed by atoms with E-state index in [0.717, 1.165) is 5.56 Å². The highest BCUT2D eigenvalue weighted by molar-refractivity contribution is 5.99. The summed E-state index contributed by atoms with van der Waals surface area (Å²) in [6, 6.07) is 14.5. The molecule has 0 aromatic heterocycles. The summed E-state index contributed by atoms with van der Waals surface area (Å²) in [4.78, 5) is 23.7. The van der Waals surface area contributed by atoms with Gasteiger partial charge in [-0.3, -0.25) is 4.79 Å². The number of hydrogen-bond acceptors (Lipinski definition) is 4. The van der Waals surface area contributed by atoms with Crippen molar-refractivity contribution in [1.29, 1.82) is 0 Å². The number of ether oxygens (including phenoxy) is 2. The first kappa shape index (κ1) is 14.3. The highest BCUT2D eigenvalue weighted by Gasteiger charge is 2.26. The van der Waals surface area contributed by atoms with Gasteiger partial charge >= 0.3 is 5.97 Å². The van der Waals surface area contributed by atoms with Crippen LogP contribution in [0.4, 0.5) is 0 Å². The molecule has 2 aromatic carbocycles. The van der Waals surface area contributed by atoms with E-state index in [9.17, 15) is 9.59 Å². The molecule has 1 atom stereocenters. The van der Waals surface area contributed by atoms with Crippen molar-refractivity contribution in [2.24, 2.45) is 0 Å². The van der Waals surface area contributed by atoms with Crippen LogP contribution in [-0.4, -0.2) is 25.0 Å². The number of Topliss-reactive ketones (excluding diaryl/α,β-unsaturated/α-hetero) is 1. The molecule has 1 heterocycles. The van der Waals surface area contributed by atoms with Gasteiger partial charge in [0.25, 0.3) is 0 Å². The number of esters is 1. The Bertz CT molecular complexity index is 721. The third-order valence-electron chi connectivity index (χ3n) is 3.71. The average Bonchev–Trinajstić information content (AvgIpc) is 2.54. The molecule has 3 rings (SSSR count). The zero-order valence-electron chi connectivity index (χ0n) is 12.2. The molecule has 0 saturated heterocycles. The van der Waals surface area contributed by atoms with E-state index in [1.54, 1.807) is 24.3 Å². The van der Waals surface area contributed by atoms with Gasteiger partial charge in [0.2, 0.25) is 0 Å². The summed E-state index contributed by atoms with van der Waals surface area (Å²) in [6.07, 6.45) is 0.708. The number of carbonyl (C=O) groups excluding carboxylic acids is 2. The van der Waals surface area contributed by atoms with Crippen LogP contribution in [0.2, 0.25) is 0 Å². The van der Waals surface area contributed by atoms with E-state index in [1.165, 1.54) is 7.11 Å². The molecule has 112 valence electrons. The third kappa shape index (κ3) is 2.86. The van der Waals surface area contributed by atoms with Crippen molar-refractivity contribution in [3.63, 3.8) is 0 Å². The van der Waals surface area contributed by atoms with Crippen molar-refractivity contribution in [3.05, 3.63) is 65.2 Å². The highest BCUT2D eigenvalue weighted by Crippen LogP contribution is 2.28. The van der Waals surface area contributed by atoms with Gasteiger partial charge in [-0.1, -0.05) is 24.3 Å². The zero-order chi connectivity index (χ0) is 15.5. The largest absolute Gasteiger partial charge is 0.489 e. The Hall–Kier alpha value is -2.62. The second kappa shape index (κ2) is 6.02. The van der Waals surface area contributed by atoms with Crippen LogP contribution >= 0.6 is 0 Å². The van der Waals surface area contributed by atoms with Gasteiger partial charge in [-0.25, -0.2) is 4.79 Å². The van der Waals surface area contributed by atoms with E-state index < -0.39 is 0 Å². The maximum Gasteiger partial charge on any atom is 0.337 e. The number of ketones is 1. The van der Waals surface area contributed by atoms with Crippen molar-refractivity contribution in [2.45, 2.75) is 18.9 Å². The highest BCUT2D eigenvalue weighted by atomic mass is 16.5. The lowest BCUT2D eigenvalue weighted by molar-refractivity contribution is 0.0600. The number of benzene rings is 2. The van der Waals surface area contributed by atoms with Gasteiger partial charge in [-0.15, -0.1) is 0 Å². The predicted molar refractivity (Wildman–Crippen MR) is 81.3 cm³/mol. The molecule has 4 nitrogen and oxygen atoms in total. The lowest BCUT2D eigenvalue weighted by atomic mass is 9.96. The average molecular weight is 296 g/mol. The molecule has 22 heavy (non-hydrogen) atoms. The number of para-hydroxylation sites is 1. The lowest BCUT2D eigenvalue weighted by Gasteiger charge is -2.25. The van der Waals surface area contributed by atoms with Gasteiger partial charge in [0.1, 0.15) is 11.9 Å². The minimum atomic E-state index is -0.368. The summed E-state index contributed by atoms with van der Waals surface area (Å²) in [7, 11) is 1.36. The summed E-state index contributed by atoms with van der Waals surface area (Å²) < 4.78 is 10.6. The first-order valence-corrected chi connectivity index (χ1v) is 7.13. The second-order valence-electron chi connectivity index (χ2n) is 5.26.